The SMILES string of the molecule is CCC(=O)N1CCc2ccc(NC(=O)COc3ccc4ccccc4c3)cc2C1. The van der Waals surface area contributed by atoms with Gasteiger partial charge in [-0.05, 0) is 52.6 Å². The van der Waals surface area contributed by atoms with Gasteiger partial charge in [0.15, 0.2) is 6.61 Å². The smallest absolute Gasteiger partial charge is 0.262 e. The number of benzene rings is 3. The zero-order chi connectivity index (χ0) is 20.2. The zero-order valence-corrected chi connectivity index (χ0v) is 16.5. The third-order valence-corrected chi connectivity index (χ3v) is 5.25. The lowest BCUT2D eigenvalue weighted by Gasteiger charge is -2.29. The first-order chi connectivity index (χ1) is 14.1. The summed E-state index contributed by atoms with van der Waals surface area (Å²) in [6.07, 6.45) is 1.36. The van der Waals surface area contributed by atoms with E-state index in [0.717, 1.165) is 35.0 Å². The molecule has 0 saturated heterocycles. The minimum Gasteiger partial charge on any atom is -0.484 e. The molecule has 0 aromatic heterocycles. The molecular weight excluding hydrogens is 364 g/mol. The summed E-state index contributed by atoms with van der Waals surface area (Å²) in [5, 5.41) is 5.10. The Bertz CT molecular complexity index is 1060. The molecule has 0 aliphatic carbocycles. The molecule has 29 heavy (non-hydrogen) atoms. The van der Waals surface area contributed by atoms with Crippen LogP contribution >= 0.6 is 0 Å². The summed E-state index contributed by atoms with van der Waals surface area (Å²) in [7, 11) is 0. The monoisotopic (exact) mass is 388 g/mol. The first-order valence-electron chi connectivity index (χ1n) is 9.93. The number of carbonyl (C=O) groups excluding carboxylic acids is 2. The number of carbonyl (C=O) groups is 2. The molecule has 1 aliphatic heterocycles. The van der Waals surface area contributed by atoms with Crippen molar-refractivity contribution >= 4 is 28.3 Å². The van der Waals surface area contributed by atoms with Gasteiger partial charge in [0.25, 0.3) is 5.91 Å². The van der Waals surface area contributed by atoms with Crippen LogP contribution in [0.2, 0.25) is 0 Å². The standard InChI is InChI=1S/C24H24N2O3/c1-2-24(28)26-12-11-18-7-9-21(13-20(18)15-26)25-23(27)16-29-22-10-8-17-5-3-4-6-19(17)14-22/h3-10,13-14H,2,11-12,15-16H2,1H3,(H,25,27). The Labute approximate surface area is 170 Å². The summed E-state index contributed by atoms with van der Waals surface area (Å²) in [5.74, 6) is 0.613. The minimum atomic E-state index is -0.213. The Kier molecular flexibility index (Phi) is 5.47. The molecule has 2 amide bonds. The molecule has 4 rings (SSSR count). The van der Waals surface area contributed by atoms with Gasteiger partial charge in [-0.1, -0.05) is 43.3 Å². The third-order valence-electron chi connectivity index (χ3n) is 5.25. The summed E-state index contributed by atoms with van der Waals surface area (Å²) in [5.41, 5.74) is 3.04. The summed E-state index contributed by atoms with van der Waals surface area (Å²) in [6.45, 7) is 3.17. The second-order valence-corrected chi connectivity index (χ2v) is 7.25. The van der Waals surface area contributed by atoms with Crippen LogP contribution in [0.4, 0.5) is 5.69 Å². The fourth-order valence-electron chi connectivity index (χ4n) is 3.67. The third kappa shape index (κ3) is 4.40. The highest BCUT2D eigenvalue weighted by Gasteiger charge is 2.20. The van der Waals surface area contributed by atoms with E-state index in [1.165, 1.54) is 5.56 Å². The van der Waals surface area contributed by atoms with Crippen LogP contribution in [0.1, 0.15) is 24.5 Å². The molecule has 5 nitrogen and oxygen atoms in total. The van der Waals surface area contributed by atoms with E-state index in [4.69, 9.17) is 4.74 Å². The van der Waals surface area contributed by atoms with Gasteiger partial charge in [0, 0.05) is 25.2 Å². The number of amides is 2. The second kappa shape index (κ2) is 8.35. The maximum atomic E-state index is 12.3. The first-order valence-corrected chi connectivity index (χ1v) is 9.93. The number of nitrogens with one attached hydrogen (secondary N) is 1. The molecule has 0 radical (unpaired) electrons. The number of nitrogens with zero attached hydrogens (tertiary/aromatic N) is 1. The van der Waals surface area contributed by atoms with Gasteiger partial charge in [-0.2, -0.15) is 0 Å². The predicted octanol–water partition coefficient (Wildman–Crippen LogP) is 4.15. The number of hydrogen-bond acceptors (Lipinski definition) is 3. The highest BCUT2D eigenvalue weighted by molar-refractivity contribution is 5.92. The normalized spacial score (nSPS) is 13.1. The van der Waals surface area contributed by atoms with Crippen molar-refractivity contribution in [2.45, 2.75) is 26.3 Å². The van der Waals surface area contributed by atoms with E-state index < -0.39 is 0 Å². The Morgan fingerprint density at radius 3 is 2.66 bits per heavy atom. The Morgan fingerprint density at radius 2 is 1.83 bits per heavy atom. The van der Waals surface area contributed by atoms with E-state index in [9.17, 15) is 9.59 Å². The molecule has 5 heteroatoms. The van der Waals surface area contributed by atoms with Crippen LogP contribution in [0, 0.1) is 0 Å². The first kappa shape index (κ1) is 19.0. The van der Waals surface area contributed by atoms with Gasteiger partial charge in [0.05, 0.1) is 0 Å². The number of anilines is 1. The molecule has 0 fully saturated rings. The Morgan fingerprint density at radius 1 is 1.00 bits per heavy atom. The van der Waals surface area contributed by atoms with Crippen molar-refractivity contribution in [2.75, 3.05) is 18.5 Å². The van der Waals surface area contributed by atoms with E-state index >= 15 is 0 Å². The topological polar surface area (TPSA) is 58.6 Å². The molecule has 0 unspecified atom stereocenters. The van der Waals surface area contributed by atoms with Crippen LogP contribution in [0.5, 0.6) is 5.75 Å². The molecule has 148 valence electrons. The molecule has 3 aromatic rings. The summed E-state index contributed by atoms with van der Waals surface area (Å²) < 4.78 is 5.66. The predicted molar refractivity (Wildman–Crippen MR) is 114 cm³/mol. The van der Waals surface area contributed by atoms with Gasteiger partial charge >= 0.3 is 0 Å². The molecule has 0 spiro atoms. The fraction of sp³-hybridized carbons (Fsp3) is 0.250. The van der Waals surface area contributed by atoms with E-state index in [-0.39, 0.29) is 18.4 Å². The molecule has 0 bridgehead atoms. The van der Waals surface area contributed by atoms with Crippen LogP contribution in [0.25, 0.3) is 10.8 Å². The lowest BCUT2D eigenvalue weighted by atomic mass is 9.99. The summed E-state index contributed by atoms with van der Waals surface area (Å²) in [4.78, 5) is 26.2. The number of fused-ring (bicyclic) bond motifs is 2. The average Bonchev–Trinajstić information content (AvgIpc) is 2.76. The molecule has 0 atom stereocenters. The molecule has 1 heterocycles. The minimum absolute atomic E-state index is 0.0597. The van der Waals surface area contributed by atoms with Crippen molar-refractivity contribution in [3.8, 4) is 5.75 Å². The van der Waals surface area contributed by atoms with Crippen molar-refractivity contribution < 1.29 is 14.3 Å². The van der Waals surface area contributed by atoms with Gasteiger partial charge in [0.1, 0.15) is 5.75 Å². The highest BCUT2D eigenvalue weighted by atomic mass is 16.5. The van der Waals surface area contributed by atoms with Gasteiger partial charge in [-0.15, -0.1) is 0 Å². The van der Waals surface area contributed by atoms with Crippen molar-refractivity contribution in [3.63, 3.8) is 0 Å². The van der Waals surface area contributed by atoms with Crippen LogP contribution in [-0.4, -0.2) is 29.9 Å². The van der Waals surface area contributed by atoms with E-state index in [0.29, 0.717) is 18.7 Å². The van der Waals surface area contributed by atoms with Gasteiger partial charge in [-0.3, -0.25) is 9.59 Å². The number of ether oxygens (including phenoxy) is 1. The van der Waals surface area contributed by atoms with Crippen molar-refractivity contribution in [3.05, 3.63) is 71.8 Å². The summed E-state index contributed by atoms with van der Waals surface area (Å²) in [6, 6.07) is 19.7. The van der Waals surface area contributed by atoms with Crippen LogP contribution in [-0.2, 0) is 22.6 Å². The van der Waals surface area contributed by atoms with E-state index in [2.05, 4.69) is 5.32 Å². The number of hydrogen-bond donors (Lipinski definition) is 1. The van der Waals surface area contributed by atoms with Gasteiger partial charge in [-0.25, -0.2) is 0 Å². The quantitative estimate of drug-likeness (QED) is 0.714. The maximum absolute atomic E-state index is 12.3. The fourth-order valence-corrected chi connectivity index (χ4v) is 3.67. The van der Waals surface area contributed by atoms with E-state index in [1.807, 2.05) is 72.5 Å². The van der Waals surface area contributed by atoms with Gasteiger partial charge in [0.2, 0.25) is 5.91 Å². The van der Waals surface area contributed by atoms with Crippen LogP contribution in [0.15, 0.2) is 60.7 Å². The van der Waals surface area contributed by atoms with Crippen LogP contribution in [0.3, 0.4) is 0 Å². The summed E-state index contributed by atoms with van der Waals surface area (Å²) >= 11 is 0. The Hall–Kier alpha value is -3.34. The maximum Gasteiger partial charge on any atom is 0.262 e. The van der Waals surface area contributed by atoms with Gasteiger partial charge < -0.3 is 15.0 Å². The number of rotatable bonds is 5. The van der Waals surface area contributed by atoms with Crippen molar-refractivity contribution in [1.82, 2.24) is 4.90 Å². The largest absolute Gasteiger partial charge is 0.484 e. The van der Waals surface area contributed by atoms with E-state index in [1.54, 1.807) is 0 Å². The highest BCUT2D eigenvalue weighted by Crippen LogP contribution is 2.24. The van der Waals surface area contributed by atoms with Crippen LogP contribution < -0.4 is 10.1 Å². The molecular formula is C24H24N2O3. The van der Waals surface area contributed by atoms with Crippen molar-refractivity contribution in [1.29, 1.82) is 0 Å². The molecule has 1 N–H and O–H groups in total. The lowest BCUT2D eigenvalue weighted by Crippen LogP contribution is -2.35. The average molecular weight is 388 g/mol. The molecule has 0 saturated carbocycles. The second-order valence-electron chi connectivity index (χ2n) is 7.25. The van der Waals surface area contributed by atoms with Crippen molar-refractivity contribution in [2.24, 2.45) is 0 Å². The Balaban J connectivity index is 1.37. The molecule has 1 aliphatic rings. The zero-order valence-electron chi connectivity index (χ0n) is 16.5. The lowest BCUT2D eigenvalue weighted by molar-refractivity contribution is -0.131. The molecule has 3 aromatic carbocycles.